The second-order valence-corrected chi connectivity index (χ2v) is 7.89. The number of phenols is 3. The molecule has 2 aromatic carbocycles. The summed E-state index contributed by atoms with van der Waals surface area (Å²) in [5.74, 6) is -2.13. The fourth-order valence-corrected chi connectivity index (χ4v) is 3.42. The number of guanidine groups is 1. The molecule has 0 radical (unpaired) electrons. The Labute approximate surface area is 180 Å². The molecule has 9 heteroatoms. The van der Waals surface area contributed by atoms with E-state index >= 15 is 0 Å². The van der Waals surface area contributed by atoms with Crippen molar-refractivity contribution < 1.29 is 25.2 Å². The Morgan fingerprint density at radius 2 is 1.87 bits per heavy atom. The third-order valence-corrected chi connectivity index (χ3v) is 5.31. The first-order chi connectivity index (χ1) is 14.5. The summed E-state index contributed by atoms with van der Waals surface area (Å²) < 4.78 is 0. The minimum atomic E-state index is -1.08. The van der Waals surface area contributed by atoms with Gasteiger partial charge in [0.2, 0.25) is 5.96 Å². The molecule has 2 aromatic rings. The SMILES string of the molecule is Cc1cc2c(C(C)C)c(O)c(O)c(/C=N/C(=N)NCCC[C@H](N)C(=O)O)c2c(O)c1C. The van der Waals surface area contributed by atoms with Crippen molar-refractivity contribution in [2.75, 3.05) is 6.54 Å². The van der Waals surface area contributed by atoms with Crippen LogP contribution in [-0.4, -0.2) is 51.2 Å². The van der Waals surface area contributed by atoms with Gasteiger partial charge in [-0.05, 0) is 49.1 Å². The van der Waals surface area contributed by atoms with E-state index in [-0.39, 0.29) is 35.4 Å². The Morgan fingerprint density at radius 3 is 2.45 bits per heavy atom. The maximum absolute atomic E-state index is 10.8. The molecule has 0 unspecified atom stereocenters. The first-order valence-electron chi connectivity index (χ1n) is 10.0. The highest BCUT2D eigenvalue weighted by atomic mass is 16.4. The minimum absolute atomic E-state index is 0.0178. The van der Waals surface area contributed by atoms with Crippen molar-refractivity contribution >= 4 is 28.9 Å². The van der Waals surface area contributed by atoms with E-state index < -0.39 is 17.8 Å². The molecule has 8 N–H and O–H groups in total. The third-order valence-electron chi connectivity index (χ3n) is 5.31. The molecule has 0 aliphatic rings. The number of nitrogens with two attached hydrogens (primary N) is 1. The number of nitrogens with one attached hydrogen (secondary N) is 2. The predicted octanol–water partition coefficient (Wildman–Crippen LogP) is 2.83. The molecule has 0 spiro atoms. The fraction of sp³-hybridized carbons (Fsp3) is 0.409. The van der Waals surface area contributed by atoms with Gasteiger partial charge < -0.3 is 31.5 Å². The van der Waals surface area contributed by atoms with Gasteiger partial charge in [0.25, 0.3) is 0 Å². The van der Waals surface area contributed by atoms with Gasteiger partial charge in [0.05, 0.1) is 5.56 Å². The number of hydrogen-bond donors (Lipinski definition) is 7. The second kappa shape index (κ2) is 9.65. The van der Waals surface area contributed by atoms with Crippen LogP contribution in [0.1, 0.15) is 54.9 Å². The van der Waals surface area contributed by atoms with E-state index in [1.165, 1.54) is 6.21 Å². The predicted molar refractivity (Wildman–Crippen MR) is 121 cm³/mol. The van der Waals surface area contributed by atoms with Crippen LogP contribution >= 0.6 is 0 Å². The molecule has 1 atom stereocenters. The van der Waals surface area contributed by atoms with Crippen LogP contribution in [0.15, 0.2) is 11.1 Å². The molecule has 0 heterocycles. The summed E-state index contributed by atoms with van der Waals surface area (Å²) >= 11 is 0. The zero-order chi connectivity index (χ0) is 23.5. The summed E-state index contributed by atoms with van der Waals surface area (Å²) in [6, 6.07) is 0.894. The van der Waals surface area contributed by atoms with E-state index in [2.05, 4.69) is 10.3 Å². The first-order valence-corrected chi connectivity index (χ1v) is 10.0. The first kappa shape index (κ1) is 23.9. The number of carbonyl (C=O) groups is 1. The third kappa shape index (κ3) is 5.05. The lowest BCUT2D eigenvalue weighted by atomic mass is 9.88. The van der Waals surface area contributed by atoms with Gasteiger partial charge in [-0.1, -0.05) is 19.9 Å². The lowest BCUT2D eigenvalue weighted by Crippen LogP contribution is -2.31. The zero-order valence-electron chi connectivity index (χ0n) is 18.2. The van der Waals surface area contributed by atoms with Crippen LogP contribution in [0.3, 0.4) is 0 Å². The average Bonchev–Trinajstić information content (AvgIpc) is 2.69. The molecule has 0 fully saturated rings. The number of phenolic OH excluding ortho intramolecular Hbond substituents is 3. The molecule has 0 aromatic heterocycles. The van der Waals surface area contributed by atoms with Gasteiger partial charge >= 0.3 is 5.97 Å². The van der Waals surface area contributed by atoms with E-state index in [0.717, 1.165) is 5.56 Å². The average molecular weight is 431 g/mol. The monoisotopic (exact) mass is 430 g/mol. The largest absolute Gasteiger partial charge is 0.507 e. The molecule has 9 nitrogen and oxygen atoms in total. The van der Waals surface area contributed by atoms with Crippen LogP contribution < -0.4 is 11.1 Å². The van der Waals surface area contributed by atoms with Crippen LogP contribution in [0, 0.1) is 19.3 Å². The van der Waals surface area contributed by atoms with Crippen molar-refractivity contribution in [2.45, 2.75) is 52.5 Å². The molecule has 0 aliphatic carbocycles. The summed E-state index contributed by atoms with van der Waals surface area (Å²) in [5.41, 5.74) is 7.55. The maximum atomic E-state index is 10.8. The summed E-state index contributed by atoms with van der Waals surface area (Å²) in [7, 11) is 0. The van der Waals surface area contributed by atoms with Gasteiger partial charge in [-0.2, -0.15) is 0 Å². The van der Waals surface area contributed by atoms with E-state index in [1.54, 1.807) is 6.92 Å². The normalized spacial score (nSPS) is 12.6. The molecule has 0 saturated carbocycles. The molecule has 0 aliphatic heterocycles. The molecule has 0 saturated heterocycles. The Bertz CT molecular complexity index is 1050. The van der Waals surface area contributed by atoms with Gasteiger partial charge in [-0.15, -0.1) is 0 Å². The van der Waals surface area contributed by atoms with Gasteiger partial charge in [-0.25, -0.2) is 4.99 Å². The molecular weight excluding hydrogens is 400 g/mol. The van der Waals surface area contributed by atoms with E-state index in [4.69, 9.17) is 16.2 Å². The Hall–Kier alpha value is -3.33. The summed E-state index contributed by atoms with van der Waals surface area (Å²) in [6.45, 7) is 7.67. The number of nitrogens with zero attached hydrogens (tertiary/aromatic N) is 1. The van der Waals surface area contributed by atoms with Crippen molar-refractivity contribution in [3.8, 4) is 17.2 Å². The number of aliphatic carboxylic acids is 1. The minimum Gasteiger partial charge on any atom is -0.507 e. The van der Waals surface area contributed by atoms with Crippen LogP contribution in [0.4, 0.5) is 0 Å². The van der Waals surface area contributed by atoms with Crippen molar-refractivity contribution in [2.24, 2.45) is 10.7 Å². The Morgan fingerprint density at radius 1 is 1.23 bits per heavy atom. The van der Waals surface area contributed by atoms with Gasteiger partial charge in [0.1, 0.15) is 11.8 Å². The molecular formula is C22H30N4O5. The highest BCUT2D eigenvalue weighted by Gasteiger charge is 2.23. The van der Waals surface area contributed by atoms with Crippen molar-refractivity contribution in [1.29, 1.82) is 5.41 Å². The Balaban J connectivity index is 2.38. The van der Waals surface area contributed by atoms with Crippen molar-refractivity contribution in [1.82, 2.24) is 5.32 Å². The summed E-state index contributed by atoms with van der Waals surface area (Å²) in [5, 5.41) is 52.4. The maximum Gasteiger partial charge on any atom is 0.320 e. The molecule has 0 bridgehead atoms. The van der Waals surface area contributed by atoms with Crippen LogP contribution in [0.5, 0.6) is 17.2 Å². The topological polar surface area (TPSA) is 172 Å². The van der Waals surface area contributed by atoms with Crippen LogP contribution in [-0.2, 0) is 4.79 Å². The van der Waals surface area contributed by atoms with Crippen molar-refractivity contribution in [3.05, 3.63) is 28.3 Å². The van der Waals surface area contributed by atoms with Gasteiger partial charge in [0, 0.05) is 23.7 Å². The van der Waals surface area contributed by atoms with Gasteiger partial charge in [-0.3, -0.25) is 10.2 Å². The quantitative estimate of drug-likeness (QED) is 0.153. The number of carboxylic acids is 1. The molecule has 31 heavy (non-hydrogen) atoms. The zero-order valence-corrected chi connectivity index (χ0v) is 18.2. The Kier molecular flexibility index (Phi) is 7.46. The highest BCUT2D eigenvalue weighted by molar-refractivity contribution is 6.10. The lowest BCUT2D eigenvalue weighted by molar-refractivity contribution is -0.138. The van der Waals surface area contributed by atoms with Crippen molar-refractivity contribution in [3.63, 3.8) is 0 Å². The summed E-state index contributed by atoms with van der Waals surface area (Å²) in [4.78, 5) is 14.7. The lowest BCUT2D eigenvalue weighted by Gasteiger charge is -2.19. The van der Waals surface area contributed by atoms with Crippen LogP contribution in [0.2, 0.25) is 0 Å². The number of hydrogen-bond acceptors (Lipinski definition) is 6. The number of aliphatic imine (C=N–C) groups is 1. The second-order valence-electron chi connectivity index (χ2n) is 7.89. The van der Waals surface area contributed by atoms with Crippen LogP contribution in [0.25, 0.3) is 10.8 Å². The fourth-order valence-electron chi connectivity index (χ4n) is 3.42. The smallest absolute Gasteiger partial charge is 0.320 e. The summed E-state index contributed by atoms with van der Waals surface area (Å²) in [6.07, 6.45) is 1.90. The molecule has 0 amide bonds. The number of rotatable bonds is 7. The molecule has 2 rings (SSSR count). The highest BCUT2D eigenvalue weighted by Crippen LogP contribution is 2.47. The van der Waals surface area contributed by atoms with E-state index in [1.807, 2.05) is 26.8 Å². The number of aromatic hydroxyl groups is 3. The number of carboxylic acid groups (broad SMARTS) is 1. The standard InChI is InChI=1S/C22H30N4O5/c1-10(2)16-13-8-11(3)12(4)18(27)17(13)14(19(28)20(16)29)9-26-22(24)25-7-5-6-15(23)21(30)31/h8-10,15,27-29H,5-7,23H2,1-4H3,(H2,24,25)(H,30,31)/b26-9+/t15-/m0/s1. The number of aryl methyl sites for hydroxylation is 1. The molecule has 168 valence electrons. The van der Waals surface area contributed by atoms with E-state index in [0.29, 0.717) is 34.9 Å². The number of benzene rings is 2. The van der Waals surface area contributed by atoms with E-state index in [9.17, 15) is 20.1 Å². The van der Waals surface area contributed by atoms with Gasteiger partial charge in [0.15, 0.2) is 11.5 Å². The number of fused-ring (bicyclic) bond motifs is 1.